The highest BCUT2D eigenvalue weighted by atomic mass is 32.1. The molecule has 1 atom stereocenters. The van der Waals surface area contributed by atoms with Crippen LogP contribution in [0.1, 0.15) is 26.0 Å². The van der Waals surface area contributed by atoms with Crippen molar-refractivity contribution in [1.29, 1.82) is 0 Å². The second kappa shape index (κ2) is 8.63. The van der Waals surface area contributed by atoms with Crippen LogP contribution in [-0.4, -0.2) is 41.8 Å². The zero-order valence-electron chi connectivity index (χ0n) is 15.9. The Hall–Kier alpha value is -2.90. The van der Waals surface area contributed by atoms with E-state index in [-0.39, 0.29) is 24.3 Å². The molecule has 0 fully saturated rings. The van der Waals surface area contributed by atoms with Gasteiger partial charge in [-0.25, -0.2) is 0 Å². The first-order valence-corrected chi connectivity index (χ1v) is 11.0. The van der Waals surface area contributed by atoms with Gasteiger partial charge >= 0.3 is 0 Å². The third kappa shape index (κ3) is 4.26. The molecule has 3 heterocycles. The number of nitrogens with zero attached hydrogens (tertiary/aromatic N) is 1. The number of aromatic amines is 1. The Morgan fingerprint density at radius 1 is 1.07 bits per heavy atom. The number of hydrogen-bond donors (Lipinski definition) is 2. The third-order valence-electron chi connectivity index (χ3n) is 4.85. The van der Waals surface area contributed by atoms with Crippen LogP contribution in [0.4, 0.5) is 0 Å². The molecule has 5 nitrogen and oxygen atoms in total. The van der Waals surface area contributed by atoms with Crippen LogP contribution >= 0.6 is 22.7 Å². The number of carbonyl (C=O) groups is 2. The minimum Gasteiger partial charge on any atom is -0.361 e. The third-order valence-corrected chi connectivity index (χ3v) is 6.69. The van der Waals surface area contributed by atoms with Crippen molar-refractivity contribution in [3.8, 4) is 0 Å². The van der Waals surface area contributed by atoms with Gasteiger partial charge < -0.3 is 15.2 Å². The number of aromatic nitrogens is 1. The number of nitrogens with one attached hydrogen (secondary N) is 2. The number of rotatable bonds is 7. The summed E-state index contributed by atoms with van der Waals surface area (Å²) < 4.78 is 0. The average molecular weight is 424 g/mol. The maximum atomic E-state index is 12.5. The first-order chi connectivity index (χ1) is 14.1. The average Bonchev–Trinajstić information content (AvgIpc) is 3.49. The molecule has 29 heavy (non-hydrogen) atoms. The molecule has 4 aromatic rings. The SMILES string of the molecule is CN(CC(=O)NCC(c1cccs1)c1c[nH]c2ccccc12)C(=O)c1cccs1. The van der Waals surface area contributed by atoms with Crippen molar-refractivity contribution in [2.45, 2.75) is 5.92 Å². The lowest BCUT2D eigenvalue weighted by atomic mass is 9.96. The molecule has 148 valence electrons. The number of thiophene rings is 2. The van der Waals surface area contributed by atoms with E-state index in [1.54, 1.807) is 24.5 Å². The van der Waals surface area contributed by atoms with Gasteiger partial charge in [0.05, 0.1) is 11.4 Å². The molecule has 0 aliphatic rings. The molecule has 0 aliphatic heterocycles. The van der Waals surface area contributed by atoms with Crippen LogP contribution in [0, 0.1) is 0 Å². The molecule has 3 aromatic heterocycles. The zero-order valence-corrected chi connectivity index (χ0v) is 17.6. The molecule has 7 heteroatoms. The van der Waals surface area contributed by atoms with Crippen molar-refractivity contribution in [2.75, 3.05) is 20.1 Å². The van der Waals surface area contributed by atoms with Crippen LogP contribution in [-0.2, 0) is 4.79 Å². The summed E-state index contributed by atoms with van der Waals surface area (Å²) in [5, 5.41) is 8.08. The monoisotopic (exact) mass is 423 g/mol. The minimum atomic E-state index is -0.168. The van der Waals surface area contributed by atoms with E-state index in [4.69, 9.17) is 0 Å². The number of benzene rings is 1. The van der Waals surface area contributed by atoms with E-state index in [2.05, 4.69) is 22.4 Å². The van der Waals surface area contributed by atoms with Gasteiger partial charge in [0, 0.05) is 41.5 Å². The van der Waals surface area contributed by atoms with Crippen LogP contribution in [0.25, 0.3) is 10.9 Å². The van der Waals surface area contributed by atoms with Gasteiger partial charge in [-0.15, -0.1) is 22.7 Å². The molecule has 1 unspecified atom stereocenters. The molecule has 0 saturated carbocycles. The van der Waals surface area contributed by atoms with E-state index >= 15 is 0 Å². The van der Waals surface area contributed by atoms with Gasteiger partial charge in [-0.1, -0.05) is 30.3 Å². The van der Waals surface area contributed by atoms with Crippen LogP contribution in [0.15, 0.2) is 65.5 Å². The second-order valence-electron chi connectivity index (χ2n) is 6.80. The van der Waals surface area contributed by atoms with Crippen molar-refractivity contribution in [3.05, 3.63) is 80.8 Å². The number of hydrogen-bond acceptors (Lipinski definition) is 4. The van der Waals surface area contributed by atoms with Gasteiger partial charge in [0.2, 0.25) is 5.91 Å². The Morgan fingerprint density at radius 2 is 1.86 bits per heavy atom. The number of fused-ring (bicyclic) bond motifs is 1. The molecule has 4 rings (SSSR count). The first kappa shape index (κ1) is 19.4. The van der Waals surface area contributed by atoms with Gasteiger partial charge in [-0.3, -0.25) is 9.59 Å². The topological polar surface area (TPSA) is 65.2 Å². The molecule has 0 saturated heterocycles. The summed E-state index contributed by atoms with van der Waals surface area (Å²) in [7, 11) is 1.65. The number of para-hydroxylation sites is 1. The van der Waals surface area contributed by atoms with E-state index in [0.29, 0.717) is 11.4 Å². The van der Waals surface area contributed by atoms with E-state index in [1.165, 1.54) is 21.1 Å². The summed E-state index contributed by atoms with van der Waals surface area (Å²) in [4.78, 5) is 31.5. The molecule has 0 radical (unpaired) electrons. The first-order valence-electron chi connectivity index (χ1n) is 9.28. The standard InChI is InChI=1S/C22H21N3O2S2/c1-25(22(27)20-9-5-11-29-20)14-21(26)24-13-17(19-8-4-10-28-19)16-12-23-18-7-3-2-6-15(16)18/h2-12,17,23H,13-14H2,1H3,(H,24,26). The van der Waals surface area contributed by atoms with Crippen LogP contribution in [0.3, 0.4) is 0 Å². The molecule has 2 amide bonds. The van der Waals surface area contributed by atoms with Crippen LogP contribution < -0.4 is 5.32 Å². The summed E-state index contributed by atoms with van der Waals surface area (Å²) in [6.45, 7) is 0.504. The number of amides is 2. The summed E-state index contributed by atoms with van der Waals surface area (Å²) in [6, 6.07) is 15.9. The fourth-order valence-electron chi connectivity index (χ4n) is 3.38. The predicted octanol–water partition coefficient (Wildman–Crippen LogP) is 4.31. The van der Waals surface area contributed by atoms with Crippen molar-refractivity contribution in [2.24, 2.45) is 0 Å². The Labute approximate surface area is 177 Å². The molecule has 0 aliphatic carbocycles. The molecule has 2 N–H and O–H groups in total. The van der Waals surface area contributed by atoms with Crippen LogP contribution in [0.5, 0.6) is 0 Å². The maximum Gasteiger partial charge on any atom is 0.264 e. The van der Waals surface area contributed by atoms with Gasteiger partial charge in [-0.05, 0) is 34.5 Å². The van der Waals surface area contributed by atoms with Crippen molar-refractivity contribution in [1.82, 2.24) is 15.2 Å². The smallest absolute Gasteiger partial charge is 0.264 e. The lowest BCUT2D eigenvalue weighted by Gasteiger charge is -2.19. The highest BCUT2D eigenvalue weighted by Crippen LogP contribution is 2.32. The predicted molar refractivity (Wildman–Crippen MR) is 119 cm³/mol. The summed E-state index contributed by atoms with van der Waals surface area (Å²) in [5.74, 6) is -0.256. The number of H-pyrrole nitrogens is 1. The largest absolute Gasteiger partial charge is 0.361 e. The number of carbonyl (C=O) groups excluding carboxylic acids is 2. The Kier molecular flexibility index (Phi) is 5.78. The summed E-state index contributed by atoms with van der Waals surface area (Å²) >= 11 is 3.06. The Morgan fingerprint density at radius 3 is 2.62 bits per heavy atom. The fourth-order valence-corrected chi connectivity index (χ4v) is 4.95. The maximum absolute atomic E-state index is 12.5. The lowest BCUT2D eigenvalue weighted by Crippen LogP contribution is -2.39. The van der Waals surface area contributed by atoms with E-state index in [0.717, 1.165) is 16.5 Å². The Bertz CT molecular complexity index is 1100. The van der Waals surface area contributed by atoms with Gasteiger partial charge in [0.1, 0.15) is 0 Å². The normalized spacial score (nSPS) is 12.0. The minimum absolute atomic E-state index is 0.0295. The molecule has 1 aromatic carbocycles. The Balaban J connectivity index is 1.46. The van der Waals surface area contributed by atoms with Gasteiger partial charge in [0.25, 0.3) is 5.91 Å². The van der Waals surface area contributed by atoms with Crippen molar-refractivity contribution >= 4 is 45.4 Å². The van der Waals surface area contributed by atoms with Crippen molar-refractivity contribution in [3.63, 3.8) is 0 Å². The molecular weight excluding hydrogens is 402 g/mol. The molecular formula is C22H21N3O2S2. The molecule has 0 bridgehead atoms. The second-order valence-corrected chi connectivity index (χ2v) is 8.73. The van der Waals surface area contributed by atoms with Gasteiger partial charge in [-0.2, -0.15) is 0 Å². The fraction of sp³-hybridized carbons (Fsp3) is 0.182. The summed E-state index contributed by atoms with van der Waals surface area (Å²) in [6.07, 6.45) is 2.02. The highest BCUT2D eigenvalue weighted by Gasteiger charge is 2.21. The van der Waals surface area contributed by atoms with Crippen molar-refractivity contribution < 1.29 is 9.59 Å². The summed E-state index contributed by atoms with van der Waals surface area (Å²) in [5.41, 5.74) is 2.24. The zero-order chi connectivity index (χ0) is 20.2. The van der Waals surface area contributed by atoms with E-state index in [9.17, 15) is 9.59 Å². The highest BCUT2D eigenvalue weighted by molar-refractivity contribution is 7.12. The van der Waals surface area contributed by atoms with E-state index in [1.807, 2.05) is 47.3 Å². The van der Waals surface area contributed by atoms with E-state index < -0.39 is 0 Å². The molecule has 0 spiro atoms. The quantitative estimate of drug-likeness (QED) is 0.465. The number of likely N-dealkylation sites (N-methyl/N-ethyl adjacent to an activating group) is 1. The lowest BCUT2D eigenvalue weighted by molar-refractivity contribution is -0.121. The van der Waals surface area contributed by atoms with Gasteiger partial charge in [0.15, 0.2) is 0 Å². The van der Waals surface area contributed by atoms with Crippen LogP contribution in [0.2, 0.25) is 0 Å².